The normalized spacial score (nSPS) is 23.7. The molecule has 2 aromatic heterocycles. The molecule has 0 spiro atoms. The summed E-state index contributed by atoms with van der Waals surface area (Å²) in [6, 6.07) is -0.564. The first-order valence-corrected chi connectivity index (χ1v) is 6.20. The van der Waals surface area contributed by atoms with Gasteiger partial charge >= 0.3 is 5.97 Å². The summed E-state index contributed by atoms with van der Waals surface area (Å²) in [7, 11) is 0. The molecule has 1 saturated heterocycles. The van der Waals surface area contributed by atoms with Crippen molar-refractivity contribution in [2.24, 2.45) is 5.92 Å². The van der Waals surface area contributed by atoms with Gasteiger partial charge in [-0.3, -0.25) is 4.98 Å². The number of carbonyl (C=O) groups is 1. The molecule has 0 saturated carbocycles. The Bertz CT molecular complexity index is 612. The van der Waals surface area contributed by atoms with E-state index in [4.69, 9.17) is 0 Å². The van der Waals surface area contributed by atoms with Crippen molar-refractivity contribution in [2.45, 2.75) is 25.8 Å². The average Bonchev–Trinajstić information content (AvgIpc) is 2.85. The lowest BCUT2D eigenvalue weighted by Gasteiger charge is -2.38. The van der Waals surface area contributed by atoms with Gasteiger partial charge in [0, 0.05) is 6.54 Å². The molecule has 1 fully saturated rings. The molecule has 3 rings (SSSR count). The van der Waals surface area contributed by atoms with E-state index in [2.05, 4.69) is 20.5 Å². The molecule has 0 bridgehead atoms. The Kier molecular flexibility index (Phi) is 2.77. The van der Waals surface area contributed by atoms with E-state index >= 15 is 0 Å². The largest absolute Gasteiger partial charge is 0.480 e. The molecule has 19 heavy (non-hydrogen) atoms. The third-order valence-corrected chi connectivity index (χ3v) is 3.57. The van der Waals surface area contributed by atoms with Crippen LogP contribution < -0.4 is 4.90 Å². The summed E-state index contributed by atoms with van der Waals surface area (Å²) in [5, 5.41) is 20.8. The Labute approximate surface area is 109 Å². The smallest absolute Gasteiger partial charge is 0.326 e. The van der Waals surface area contributed by atoms with Gasteiger partial charge in [-0.15, -0.1) is 5.10 Å². The van der Waals surface area contributed by atoms with Gasteiger partial charge in [0.05, 0.1) is 12.4 Å². The molecule has 100 valence electrons. The number of piperidine rings is 1. The topological polar surface area (TPSA) is 96.5 Å². The van der Waals surface area contributed by atoms with Crippen LogP contribution in [0.2, 0.25) is 0 Å². The molecule has 2 aromatic rings. The highest BCUT2D eigenvalue weighted by molar-refractivity contribution is 5.78. The van der Waals surface area contributed by atoms with Crippen LogP contribution in [0.25, 0.3) is 5.65 Å². The number of carboxylic acids is 1. The van der Waals surface area contributed by atoms with Gasteiger partial charge in [0.25, 0.3) is 0 Å². The third-order valence-electron chi connectivity index (χ3n) is 3.57. The second-order valence-electron chi connectivity index (χ2n) is 4.81. The predicted molar refractivity (Wildman–Crippen MR) is 65.7 cm³/mol. The highest BCUT2D eigenvalue weighted by Gasteiger charge is 2.35. The van der Waals surface area contributed by atoms with Crippen LogP contribution in [0.1, 0.15) is 19.8 Å². The minimum Gasteiger partial charge on any atom is -0.480 e. The molecule has 1 aliphatic rings. The van der Waals surface area contributed by atoms with Gasteiger partial charge in [0.1, 0.15) is 6.04 Å². The van der Waals surface area contributed by atoms with E-state index in [0.29, 0.717) is 18.0 Å². The summed E-state index contributed by atoms with van der Waals surface area (Å²) in [6.07, 6.45) is 5.01. The maximum absolute atomic E-state index is 11.5. The zero-order chi connectivity index (χ0) is 13.4. The lowest BCUT2D eigenvalue weighted by atomic mass is 9.91. The van der Waals surface area contributed by atoms with Crippen LogP contribution in [-0.4, -0.2) is 48.7 Å². The molecule has 8 nitrogen and oxygen atoms in total. The SMILES string of the molecule is CC1CCCN(c2cncc3nnnn23)C1C(=O)O. The van der Waals surface area contributed by atoms with Gasteiger partial charge in [0.2, 0.25) is 0 Å². The summed E-state index contributed by atoms with van der Waals surface area (Å²) in [4.78, 5) is 17.4. The molecule has 2 atom stereocenters. The predicted octanol–water partition coefficient (Wildman–Crippen LogP) is 0.209. The van der Waals surface area contributed by atoms with Gasteiger partial charge < -0.3 is 10.0 Å². The van der Waals surface area contributed by atoms with E-state index in [1.165, 1.54) is 4.52 Å². The van der Waals surface area contributed by atoms with Crippen LogP contribution in [0.3, 0.4) is 0 Å². The molecular weight excluding hydrogens is 248 g/mol. The number of fused-ring (bicyclic) bond motifs is 1. The minimum atomic E-state index is -0.822. The number of tetrazole rings is 1. The minimum absolute atomic E-state index is 0.0815. The number of rotatable bonds is 2. The van der Waals surface area contributed by atoms with Crippen LogP contribution >= 0.6 is 0 Å². The molecular formula is C11H14N6O2. The Morgan fingerprint density at radius 2 is 2.32 bits per heavy atom. The first kappa shape index (κ1) is 11.8. The zero-order valence-corrected chi connectivity index (χ0v) is 10.5. The van der Waals surface area contributed by atoms with E-state index in [9.17, 15) is 9.90 Å². The first-order valence-electron chi connectivity index (χ1n) is 6.20. The van der Waals surface area contributed by atoms with Crippen molar-refractivity contribution in [1.82, 2.24) is 25.0 Å². The Morgan fingerprint density at radius 1 is 1.47 bits per heavy atom. The van der Waals surface area contributed by atoms with Gasteiger partial charge in [-0.25, -0.2) is 4.79 Å². The Morgan fingerprint density at radius 3 is 3.11 bits per heavy atom. The summed E-state index contributed by atoms with van der Waals surface area (Å²) in [5.41, 5.74) is 0.514. The van der Waals surface area contributed by atoms with Crippen molar-refractivity contribution in [1.29, 1.82) is 0 Å². The molecule has 8 heteroatoms. The fraction of sp³-hybridized carbons (Fsp3) is 0.545. The van der Waals surface area contributed by atoms with E-state index in [1.54, 1.807) is 12.4 Å². The summed E-state index contributed by atoms with van der Waals surface area (Å²) in [5.74, 6) is -0.114. The number of hydrogen-bond acceptors (Lipinski definition) is 6. The van der Waals surface area contributed by atoms with E-state index < -0.39 is 12.0 Å². The molecule has 0 aromatic carbocycles. The van der Waals surface area contributed by atoms with Crippen molar-refractivity contribution >= 4 is 17.4 Å². The van der Waals surface area contributed by atoms with Crippen molar-refractivity contribution in [3.63, 3.8) is 0 Å². The maximum atomic E-state index is 11.5. The van der Waals surface area contributed by atoms with E-state index in [-0.39, 0.29) is 5.92 Å². The van der Waals surface area contributed by atoms with E-state index in [1.807, 2.05) is 11.8 Å². The highest BCUT2D eigenvalue weighted by atomic mass is 16.4. The van der Waals surface area contributed by atoms with Gasteiger partial charge in [-0.05, 0) is 29.2 Å². The fourth-order valence-corrected chi connectivity index (χ4v) is 2.68. The third kappa shape index (κ3) is 1.88. The fourth-order valence-electron chi connectivity index (χ4n) is 2.68. The zero-order valence-electron chi connectivity index (χ0n) is 10.5. The summed E-state index contributed by atoms with van der Waals surface area (Å²) >= 11 is 0. The average molecular weight is 262 g/mol. The highest BCUT2D eigenvalue weighted by Crippen LogP contribution is 2.28. The van der Waals surface area contributed by atoms with Crippen LogP contribution in [0.15, 0.2) is 12.4 Å². The lowest BCUT2D eigenvalue weighted by molar-refractivity contribution is -0.140. The van der Waals surface area contributed by atoms with Crippen molar-refractivity contribution in [3.8, 4) is 0 Å². The summed E-state index contributed by atoms with van der Waals surface area (Å²) in [6.45, 7) is 2.63. The van der Waals surface area contributed by atoms with Crippen molar-refractivity contribution in [3.05, 3.63) is 12.4 Å². The standard InChI is InChI=1S/C11H14N6O2/c1-7-3-2-4-16(10(7)11(18)19)9-6-12-5-8-13-14-15-17(8)9/h5-7,10H,2-4H2,1H3,(H,18,19). The lowest BCUT2D eigenvalue weighted by Crippen LogP contribution is -2.50. The van der Waals surface area contributed by atoms with Crippen LogP contribution in [0.5, 0.6) is 0 Å². The maximum Gasteiger partial charge on any atom is 0.326 e. The van der Waals surface area contributed by atoms with Gasteiger partial charge in [0.15, 0.2) is 11.5 Å². The molecule has 1 N–H and O–H groups in total. The molecule has 0 radical (unpaired) electrons. The van der Waals surface area contributed by atoms with Gasteiger partial charge in [-0.2, -0.15) is 4.52 Å². The second kappa shape index (κ2) is 4.45. The number of carboxylic acid groups (broad SMARTS) is 1. The van der Waals surface area contributed by atoms with E-state index in [0.717, 1.165) is 12.8 Å². The monoisotopic (exact) mass is 262 g/mol. The van der Waals surface area contributed by atoms with Crippen molar-refractivity contribution < 1.29 is 9.90 Å². The van der Waals surface area contributed by atoms with Gasteiger partial charge in [-0.1, -0.05) is 6.92 Å². The summed E-state index contributed by atoms with van der Waals surface area (Å²) < 4.78 is 1.53. The Hall–Kier alpha value is -2.25. The molecule has 0 aliphatic carbocycles. The second-order valence-corrected chi connectivity index (χ2v) is 4.81. The molecule has 1 aliphatic heterocycles. The number of aromatic nitrogens is 5. The quantitative estimate of drug-likeness (QED) is 0.826. The number of anilines is 1. The molecule has 3 heterocycles. The first-order chi connectivity index (χ1) is 9.18. The van der Waals surface area contributed by atoms with Crippen LogP contribution in [0, 0.1) is 5.92 Å². The van der Waals surface area contributed by atoms with Crippen LogP contribution in [-0.2, 0) is 4.79 Å². The molecule has 0 amide bonds. The van der Waals surface area contributed by atoms with Crippen molar-refractivity contribution in [2.75, 3.05) is 11.4 Å². The number of hydrogen-bond donors (Lipinski definition) is 1. The Balaban J connectivity index is 2.08. The molecule has 2 unspecified atom stereocenters. The van der Waals surface area contributed by atoms with Crippen LogP contribution in [0.4, 0.5) is 5.82 Å². The number of nitrogens with zero attached hydrogens (tertiary/aromatic N) is 6. The number of aliphatic carboxylic acids is 1.